The van der Waals surface area contributed by atoms with Crippen LogP contribution in [0.2, 0.25) is 0 Å². The molecule has 0 amide bonds. The highest BCUT2D eigenvalue weighted by atomic mass is 15.3. The molecule has 0 heterocycles. The SMILES string of the molecule is CCCCN(CCCN)CCCCN(CNCN)CN(C)CC(N)CC. The van der Waals surface area contributed by atoms with E-state index >= 15 is 0 Å². The van der Waals surface area contributed by atoms with Gasteiger partial charge in [-0.05, 0) is 65.3 Å². The van der Waals surface area contributed by atoms with Crippen LogP contribution >= 0.6 is 0 Å². The lowest BCUT2D eigenvalue weighted by atomic mass is 10.2. The van der Waals surface area contributed by atoms with Crippen LogP contribution in [0.1, 0.15) is 52.4 Å². The number of hydrogen-bond acceptors (Lipinski definition) is 7. The lowest BCUT2D eigenvalue weighted by molar-refractivity contribution is 0.135. The first-order chi connectivity index (χ1) is 12.6. The van der Waals surface area contributed by atoms with Crippen LogP contribution in [0.3, 0.4) is 0 Å². The van der Waals surface area contributed by atoms with Gasteiger partial charge in [-0.3, -0.25) is 15.1 Å². The third-order valence-electron chi connectivity index (χ3n) is 4.70. The third-order valence-corrected chi connectivity index (χ3v) is 4.70. The summed E-state index contributed by atoms with van der Waals surface area (Å²) in [6.45, 7) is 13.0. The van der Waals surface area contributed by atoms with E-state index in [0.717, 1.165) is 52.4 Å². The molecule has 1 atom stereocenters. The fourth-order valence-electron chi connectivity index (χ4n) is 3.05. The summed E-state index contributed by atoms with van der Waals surface area (Å²) in [5, 5.41) is 3.25. The van der Waals surface area contributed by atoms with Crippen LogP contribution in [0.15, 0.2) is 0 Å². The Morgan fingerprint density at radius 1 is 0.885 bits per heavy atom. The number of unbranched alkanes of at least 4 members (excludes halogenated alkanes) is 2. The van der Waals surface area contributed by atoms with Gasteiger partial charge in [-0.15, -0.1) is 0 Å². The maximum atomic E-state index is 6.07. The minimum absolute atomic E-state index is 0.249. The molecule has 0 bridgehead atoms. The van der Waals surface area contributed by atoms with Gasteiger partial charge in [0.1, 0.15) is 0 Å². The molecule has 158 valence electrons. The van der Waals surface area contributed by atoms with E-state index in [0.29, 0.717) is 6.67 Å². The first-order valence-corrected chi connectivity index (χ1v) is 10.6. The number of nitrogens with one attached hydrogen (secondary N) is 1. The summed E-state index contributed by atoms with van der Waals surface area (Å²) in [5.41, 5.74) is 17.4. The van der Waals surface area contributed by atoms with E-state index in [2.05, 4.69) is 40.9 Å². The van der Waals surface area contributed by atoms with Crippen LogP contribution in [0.4, 0.5) is 0 Å². The highest BCUT2D eigenvalue weighted by Crippen LogP contribution is 2.03. The van der Waals surface area contributed by atoms with Crippen molar-refractivity contribution >= 4 is 0 Å². The minimum Gasteiger partial charge on any atom is -0.330 e. The van der Waals surface area contributed by atoms with Crippen molar-refractivity contribution in [2.45, 2.75) is 58.4 Å². The molecule has 7 heteroatoms. The minimum atomic E-state index is 0.249. The van der Waals surface area contributed by atoms with Crippen LogP contribution in [0.5, 0.6) is 0 Å². The first kappa shape index (κ1) is 25.7. The van der Waals surface area contributed by atoms with Crippen molar-refractivity contribution in [2.24, 2.45) is 17.2 Å². The summed E-state index contributed by atoms with van der Waals surface area (Å²) in [7, 11) is 2.14. The molecule has 0 aromatic carbocycles. The summed E-state index contributed by atoms with van der Waals surface area (Å²) in [4.78, 5) is 7.30. The molecular weight excluding hydrogens is 326 g/mol. The Morgan fingerprint density at radius 2 is 1.50 bits per heavy atom. The second-order valence-electron chi connectivity index (χ2n) is 7.40. The Kier molecular flexibility index (Phi) is 17.9. The molecule has 0 aromatic heterocycles. The molecule has 26 heavy (non-hydrogen) atoms. The smallest absolute Gasteiger partial charge is 0.0515 e. The Balaban J connectivity index is 4.19. The van der Waals surface area contributed by atoms with Crippen molar-refractivity contribution in [2.75, 3.05) is 66.3 Å². The molecule has 1 unspecified atom stereocenters. The van der Waals surface area contributed by atoms with Gasteiger partial charge in [-0.2, -0.15) is 0 Å². The van der Waals surface area contributed by atoms with Gasteiger partial charge >= 0.3 is 0 Å². The van der Waals surface area contributed by atoms with Gasteiger partial charge in [0.15, 0.2) is 0 Å². The largest absolute Gasteiger partial charge is 0.330 e. The second kappa shape index (κ2) is 18.1. The number of likely N-dealkylation sites (N-methyl/N-ethyl adjacent to an activating group) is 1. The predicted molar refractivity (Wildman–Crippen MR) is 114 cm³/mol. The standard InChI is InChI=1S/C19H47N7/c1-4-6-11-25(14-9-10-20)12-7-8-13-26(17-23-16-21)18-24(3)15-19(22)5-2/h19,23H,4-18,20-22H2,1-3H3. The Morgan fingerprint density at radius 3 is 2.08 bits per heavy atom. The molecule has 0 aromatic rings. The van der Waals surface area contributed by atoms with Crippen LogP contribution in [0.25, 0.3) is 0 Å². The van der Waals surface area contributed by atoms with E-state index in [4.69, 9.17) is 17.2 Å². The maximum absolute atomic E-state index is 6.07. The summed E-state index contributed by atoms with van der Waals surface area (Å²) < 4.78 is 0. The Labute approximate surface area is 162 Å². The summed E-state index contributed by atoms with van der Waals surface area (Å²) in [6, 6.07) is 0.249. The van der Waals surface area contributed by atoms with Crippen molar-refractivity contribution < 1.29 is 0 Å². The molecule has 0 aliphatic heterocycles. The van der Waals surface area contributed by atoms with Crippen LogP contribution < -0.4 is 22.5 Å². The molecule has 0 fully saturated rings. The van der Waals surface area contributed by atoms with Crippen molar-refractivity contribution in [3.63, 3.8) is 0 Å². The van der Waals surface area contributed by atoms with E-state index in [1.54, 1.807) is 0 Å². The fraction of sp³-hybridized carbons (Fsp3) is 1.00. The van der Waals surface area contributed by atoms with E-state index in [9.17, 15) is 0 Å². The number of hydrogen-bond donors (Lipinski definition) is 4. The van der Waals surface area contributed by atoms with Crippen molar-refractivity contribution in [3.8, 4) is 0 Å². The maximum Gasteiger partial charge on any atom is 0.0515 e. The zero-order valence-electron chi connectivity index (χ0n) is 17.8. The van der Waals surface area contributed by atoms with Crippen molar-refractivity contribution in [3.05, 3.63) is 0 Å². The third kappa shape index (κ3) is 14.8. The summed E-state index contributed by atoms with van der Waals surface area (Å²) in [6.07, 6.45) is 7.07. The first-order valence-electron chi connectivity index (χ1n) is 10.6. The van der Waals surface area contributed by atoms with Gasteiger partial charge in [0, 0.05) is 25.8 Å². The normalized spacial score (nSPS) is 13.3. The zero-order chi connectivity index (χ0) is 19.6. The topological polar surface area (TPSA) is 99.8 Å². The lowest BCUT2D eigenvalue weighted by Crippen LogP contribution is -2.46. The summed E-state index contributed by atoms with van der Waals surface area (Å²) in [5.74, 6) is 0. The van der Waals surface area contributed by atoms with Gasteiger partial charge in [0.25, 0.3) is 0 Å². The predicted octanol–water partition coefficient (Wildman–Crippen LogP) is 0.609. The molecule has 0 radical (unpaired) electrons. The second-order valence-corrected chi connectivity index (χ2v) is 7.40. The number of rotatable bonds is 19. The molecular formula is C19H47N7. The highest BCUT2D eigenvalue weighted by molar-refractivity contribution is 4.66. The highest BCUT2D eigenvalue weighted by Gasteiger charge is 2.11. The number of nitrogens with two attached hydrogens (primary N) is 3. The van der Waals surface area contributed by atoms with Crippen molar-refractivity contribution in [1.29, 1.82) is 0 Å². The van der Waals surface area contributed by atoms with Gasteiger partial charge in [0.2, 0.25) is 0 Å². The molecule has 0 rings (SSSR count). The monoisotopic (exact) mass is 373 g/mol. The van der Waals surface area contributed by atoms with Crippen LogP contribution in [0, 0.1) is 0 Å². The van der Waals surface area contributed by atoms with Crippen LogP contribution in [-0.4, -0.2) is 87.1 Å². The zero-order valence-corrected chi connectivity index (χ0v) is 17.8. The van der Waals surface area contributed by atoms with E-state index < -0.39 is 0 Å². The van der Waals surface area contributed by atoms with Gasteiger partial charge in [-0.1, -0.05) is 20.3 Å². The molecule has 0 saturated heterocycles. The summed E-state index contributed by atoms with van der Waals surface area (Å²) >= 11 is 0. The van der Waals surface area contributed by atoms with Crippen molar-refractivity contribution in [1.82, 2.24) is 20.0 Å². The fourth-order valence-corrected chi connectivity index (χ4v) is 3.05. The van der Waals surface area contributed by atoms with Gasteiger partial charge in [-0.25, -0.2) is 0 Å². The average Bonchev–Trinajstić information content (AvgIpc) is 2.64. The number of nitrogens with zero attached hydrogens (tertiary/aromatic N) is 3. The quantitative estimate of drug-likeness (QED) is 0.194. The molecule has 7 N–H and O–H groups in total. The average molecular weight is 374 g/mol. The molecule has 0 aliphatic rings. The van der Waals surface area contributed by atoms with E-state index in [-0.39, 0.29) is 6.04 Å². The molecule has 0 aliphatic carbocycles. The van der Waals surface area contributed by atoms with E-state index in [1.807, 2.05) is 0 Å². The Hall–Kier alpha value is -0.280. The lowest BCUT2D eigenvalue weighted by Gasteiger charge is -2.30. The molecule has 0 spiro atoms. The Bertz CT molecular complexity index is 283. The van der Waals surface area contributed by atoms with E-state index in [1.165, 1.54) is 38.8 Å². The molecule has 7 nitrogen and oxygen atoms in total. The van der Waals surface area contributed by atoms with Crippen LogP contribution in [-0.2, 0) is 0 Å². The van der Waals surface area contributed by atoms with Gasteiger partial charge < -0.3 is 22.1 Å². The molecule has 0 saturated carbocycles. The van der Waals surface area contributed by atoms with Gasteiger partial charge in [0.05, 0.1) is 13.3 Å².